The van der Waals surface area contributed by atoms with Crippen LogP contribution in [0, 0.1) is 6.92 Å². The van der Waals surface area contributed by atoms with E-state index in [-0.39, 0.29) is 0 Å². The van der Waals surface area contributed by atoms with Gasteiger partial charge in [-0.2, -0.15) is 0 Å². The van der Waals surface area contributed by atoms with Gasteiger partial charge in [0.2, 0.25) is 0 Å². The third-order valence-corrected chi connectivity index (χ3v) is 8.10. The highest BCUT2D eigenvalue weighted by atomic mass is 16.5. The van der Waals surface area contributed by atoms with E-state index in [1.54, 1.807) is 7.11 Å². The SMILES string of the molecule is COc1ccc(C(C)=CC=Cc2ccc(N(C=C(c3ccccc3)c3ccccc3)c3ccc(C)cc3)c3ccccc23)cc1. The summed E-state index contributed by atoms with van der Waals surface area (Å²) in [7, 11) is 1.69. The minimum absolute atomic E-state index is 0.864. The van der Waals surface area contributed by atoms with Crippen molar-refractivity contribution in [2.75, 3.05) is 12.0 Å². The largest absolute Gasteiger partial charge is 0.497 e. The number of rotatable bonds is 9. The Balaban J connectivity index is 1.46. The first-order chi connectivity index (χ1) is 22.1. The van der Waals surface area contributed by atoms with Gasteiger partial charge in [-0.25, -0.2) is 0 Å². The summed E-state index contributed by atoms with van der Waals surface area (Å²) in [6.07, 6.45) is 8.79. The van der Waals surface area contributed by atoms with Crippen LogP contribution in [-0.2, 0) is 0 Å². The minimum Gasteiger partial charge on any atom is -0.497 e. The van der Waals surface area contributed by atoms with Gasteiger partial charge in [0.05, 0.1) is 12.8 Å². The van der Waals surface area contributed by atoms with Crippen LogP contribution in [0.25, 0.3) is 28.0 Å². The molecule has 0 unspecified atom stereocenters. The quantitative estimate of drug-likeness (QED) is 0.157. The number of anilines is 2. The second-order valence-corrected chi connectivity index (χ2v) is 11.1. The third kappa shape index (κ3) is 6.82. The first kappa shape index (κ1) is 29.5. The normalized spacial score (nSPS) is 11.5. The van der Waals surface area contributed by atoms with Gasteiger partial charge in [0.25, 0.3) is 0 Å². The van der Waals surface area contributed by atoms with Gasteiger partial charge in [0.1, 0.15) is 5.75 Å². The van der Waals surface area contributed by atoms with Crippen LogP contribution in [0.3, 0.4) is 0 Å². The van der Waals surface area contributed by atoms with Crippen LogP contribution in [0.5, 0.6) is 5.75 Å². The molecule has 0 bridgehead atoms. The number of hydrogen-bond acceptors (Lipinski definition) is 2. The summed E-state index contributed by atoms with van der Waals surface area (Å²) in [6.45, 7) is 4.26. The van der Waals surface area contributed by atoms with Crippen LogP contribution in [0.1, 0.15) is 34.7 Å². The van der Waals surface area contributed by atoms with Crippen molar-refractivity contribution in [3.63, 3.8) is 0 Å². The van der Waals surface area contributed by atoms with Gasteiger partial charge < -0.3 is 9.64 Å². The van der Waals surface area contributed by atoms with Gasteiger partial charge in [-0.15, -0.1) is 0 Å². The van der Waals surface area contributed by atoms with Crippen LogP contribution in [0.4, 0.5) is 11.4 Å². The molecule has 0 aromatic heterocycles. The summed E-state index contributed by atoms with van der Waals surface area (Å²) in [5.74, 6) is 0.864. The van der Waals surface area contributed by atoms with E-state index in [1.165, 1.54) is 44.2 Å². The lowest BCUT2D eigenvalue weighted by Crippen LogP contribution is -2.11. The molecule has 0 amide bonds. The lowest BCUT2D eigenvalue weighted by molar-refractivity contribution is 0.415. The number of ether oxygens (including phenoxy) is 1. The molecular formula is C43H37NO. The van der Waals surface area contributed by atoms with E-state index in [0.717, 1.165) is 22.7 Å². The maximum atomic E-state index is 5.31. The lowest BCUT2D eigenvalue weighted by Gasteiger charge is -2.25. The van der Waals surface area contributed by atoms with Crippen molar-refractivity contribution in [2.45, 2.75) is 13.8 Å². The Morgan fingerprint density at radius 1 is 0.600 bits per heavy atom. The number of fused-ring (bicyclic) bond motifs is 1. The zero-order chi connectivity index (χ0) is 31.0. The second-order valence-electron chi connectivity index (χ2n) is 11.1. The zero-order valence-corrected chi connectivity index (χ0v) is 26.0. The number of benzene rings is 6. The molecule has 6 rings (SSSR count). The van der Waals surface area contributed by atoms with Crippen LogP contribution in [0.2, 0.25) is 0 Å². The Bertz CT molecular complexity index is 1930. The van der Waals surface area contributed by atoms with E-state index in [1.807, 2.05) is 12.1 Å². The van der Waals surface area contributed by atoms with Crippen molar-refractivity contribution in [3.8, 4) is 5.75 Å². The maximum absolute atomic E-state index is 5.31. The first-order valence-corrected chi connectivity index (χ1v) is 15.3. The number of aryl methyl sites for hydroxylation is 1. The highest BCUT2D eigenvalue weighted by Crippen LogP contribution is 2.37. The van der Waals surface area contributed by atoms with Crippen molar-refractivity contribution in [2.24, 2.45) is 0 Å². The highest BCUT2D eigenvalue weighted by Gasteiger charge is 2.15. The van der Waals surface area contributed by atoms with Crippen LogP contribution >= 0.6 is 0 Å². The average molecular weight is 584 g/mol. The van der Waals surface area contributed by atoms with Gasteiger partial charge in [0.15, 0.2) is 0 Å². The molecule has 0 atom stereocenters. The van der Waals surface area contributed by atoms with Crippen molar-refractivity contribution < 1.29 is 4.74 Å². The van der Waals surface area contributed by atoms with Gasteiger partial charge >= 0.3 is 0 Å². The minimum atomic E-state index is 0.864. The summed E-state index contributed by atoms with van der Waals surface area (Å²) in [5.41, 5.74) is 10.5. The molecule has 0 aliphatic heterocycles. The van der Waals surface area contributed by atoms with Gasteiger partial charge in [-0.1, -0.05) is 139 Å². The molecule has 0 radical (unpaired) electrons. The van der Waals surface area contributed by atoms with Gasteiger partial charge in [-0.3, -0.25) is 0 Å². The van der Waals surface area contributed by atoms with E-state index in [4.69, 9.17) is 4.74 Å². The van der Waals surface area contributed by atoms with E-state index >= 15 is 0 Å². The zero-order valence-electron chi connectivity index (χ0n) is 26.0. The molecule has 0 aliphatic rings. The van der Waals surface area contributed by atoms with Crippen molar-refractivity contribution >= 4 is 39.4 Å². The predicted molar refractivity (Wildman–Crippen MR) is 193 cm³/mol. The molecule has 0 saturated heterocycles. The molecule has 2 heteroatoms. The number of nitrogens with zero attached hydrogens (tertiary/aromatic N) is 1. The average Bonchev–Trinajstić information content (AvgIpc) is 3.10. The topological polar surface area (TPSA) is 12.5 Å². The molecule has 6 aromatic carbocycles. The molecule has 0 heterocycles. The van der Waals surface area contributed by atoms with Crippen LogP contribution in [-0.4, -0.2) is 7.11 Å². The van der Waals surface area contributed by atoms with Crippen molar-refractivity contribution in [3.05, 3.63) is 192 Å². The number of hydrogen-bond donors (Lipinski definition) is 0. The van der Waals surface area contributed by atoms with Crippen LogP contribution in [0.15, 0.2) is 164 Å². The fourth-order valence-corrected chi connectivity index (χ4v) is 5.58. The molecule has 0 N–H and O–H groups in total. The summed E-state index contributed by atoms with van der Waals surface area (Å²) in [5, 5.41) is 2.39. The smallest absolute Gasteiger partial charge is 0.118 e. The molecule has 0 fully saturated rings. The Hall–Kier alpha value is -5.60. The maximum Gasteiger partial charge on any atom is 0.118 e. The Morgan fingerprint density at radius 2 is 1.20 bits per heavy atom. The molecule has 0 saturated carbocycles. The summed E-state index contributed by atoms with van der Waals surface area (Å²) >= 11 is 0. The standard InChI is InChI=1S/C43H37NO/c1-32-21-26-38(27-22-32)44(31-42(35-14-6-4-7-15-35)36-16-8-5-9-17-36)43-30-25-37(40-19-10-11-20-41(40)43)18-12-13-33(2)34-23-28-39(45-3)29-24-34/h4-31H,1-3H3. The van der Waals surface area contributed by atoms with Crippen LogP contribution < -0.4 is 9.64 Å². The summed E-state index contributed by atoms with van der Waals surface area (Å²) < 4.78 is 5.31. The molecule has 6 aromatic rings. The molecule has 0 spiro atoms. The monoisotopic (exact) mass is 583 g/mol. The predicted octanol–water partition coefficient (Wildman–Crippen LogP) is 11.5. The summed E-state index contributed by atoms with van der Waals surface area (Å²) in [6, 6.07) is 51.3. The lowest BCUT2D eigenvalue weighted by atomic mass is 9.97. The van der Waals surface area contributed by atoms with Crippen molar-refractivity contribution in [1.82, 2.24) is 0 Å². The van der Waals surface area contributed by atoms with E-state index in [2.05, 4.69) is 177 Å². The van der Waals surface area contributed by atoms with E-state index in [9.17, 15) is 0 Å². The molecule has 2 nitrogen and oxygen atoms in total. The van der Waals surface area contributed by atoms with E-state index in [0.29, 0.717) is 0 Å². The molecule has 45 heavy (non-hydrogen) atoms. The number of methoxy groups -OCH3 is 1. The highest BCUT2D eigenvalue weighted by molar-refractivity contribution is 6.02. The fraction of sp³-hybridized carbons (Fsp3) is 0.0698. The number of allylic oxidation sites excluding steroid dienone is 3. The fourth-order valence-electron chi connectivity index (χ4n) is 5.58. The molecule has 220 valence electrons. The molecular weight excluding hydrogens is 546 g/mol. The van der Waals surface area contributed by atoms with Gasteiger partial charge in [0, 0.05) is 22.8 Å². The third-order valence-electron chi connectivity index (χ3n) is 8.10. The Labute approximate surface area is 266 Å². The second kappa shape index (κ2) is 13.8. The summed E-state index contributed by atoms with van der Waals surface area (Å²) in [4.78, 5) is 2.33. The van der Waals surface area contributed by atoms with E-state index < -0.39 is 0 Å². The van der Waals surface area contributed by atoms with Gasteiger partial charge in [-0.05, 0) is 77.4 Å². The Morgan fingerprint density at radius 3 is 1.82 bits per heavy atom. The first-order valence-electron chi connectivity index (χ1n) is 15.3. The molecule has 0 aliphatic carbocycles. The van der Waals surface area contributed by atoms with Crippen molar-refractivity contribution in [1.29, 1.82) is 0 Å². The Kier molecular flexibility index (Phi) is 9.03.